The van der Waals surface area contributed by atoms with Crippen LogP contribution in [0, 0.1) is 0 Å². The molecule has 0 radical (unpaired) electrons. The standard InChI is InChI=1S/C17H27NO/c1-12(2)18(13(3)4)16-9-8-14-6-5-7-15(11-19)17(14)10-16/h5-7,12-13,16,19H,8-11H2,1-4H3/t16-/m1/s1. The van der Waals surface area contributed by atoms with E-state index in [0.29, 0.717) is 18.1 Å². The van der Waals surface area contributed by atoms with Crippen LogP contribution < -0.4 is 0 Å². The van der Waals surface area contributed by atoms with Crippen LogP contribution in [0.15, 0.2) is 18.2 Å². The van der Waals surface area contributed by atoms with E-state index in [9.17, 15) is 5.11 Å². The van der Waals surface area contributed by atoms with Gasteiger partial charge in [0.05, 0.1) is 6.61 Å². The predicted molar refractivity (Wildman–Crippen MR) is 80.3 cm³/mol. The minimum atomic E-state index is 0.166. The molecule has 0 saturated carbocycles. The van der Waals surface area contributed by atoms with Crippen molar-refractivity contribution in [2.24, 2.45) is 0 Å². The van der Waals surface area contributed by atoms with Gasteiger partial charge in [0, 0.05) is 18.1 Å². The summed E-state index contributed by atoms with van der Waals surface area (Å²) in [6.07, 6.45) is 3.46. The molecule has 1 atom stereocenters. The molecule has 0 bridgehead atoms. The molecule has 2 nitrogen and oxygen atoms in total. The summed E-state index contributed by atoms with van der Waals surface area (Å²) in [6.45, 7) is 9.31. The van der Waals surface area contributed by atoms with Crippen molar-refractivity contribution >= 4 is 0 Å². The van der Waals surface area contributed by atoms with Crippen molar-refractivity contribution in [1.29, 1.82) is 0 Å². The highest BCUT2D eigenvalue weighted by atomic mass is 16.3. The van der Waals surface area contributed by atoms with Crippen LogP contribution in [0.4, 0.5) is 0 Å². The van der Waals surface area contributed by atoms with Crippen LogP contribution in [0.1, 0.15) is 50.8 Å². The maximum atomic E-state index is 9.52. The van der Waals surface area contributed by atoms with Crippen LogP contribution >= 0.6 is 0 Å². The number of hydrogen-bond acceptors (Lipinski definition) is 2. The Morgan fingerprint density at radius 3 is 2.47 bits per heavy atom. The van der Waals surface area contributed by atoms with Crippen LogP contribution in [0.2, 0.25) is 0 Å². The Morgan fingerprint density at radius 1 is 1.21 bits per heavy atom. The quantitative estimate of drug-likeness (QED) is 0.900. The lowest BCUT2D eigenvalue weighted by Crippen LogP contribution is -2.47. The molecule has 0 spiro atoms. The van der Waals surface area contributed by atoms with Crippen molar-refractivity contribution in [3.63, 3.8) is 0 Å². The van der Waals surface area contributed by atoms with E-state index in [2.05, 4.69) is 50.8 Å². The van der Waals surface area contributed by atoms with E-state index in [1.165, 1.54) is 17.5 Å². The van der Waals surface area contributed by atoms with Gasteiger partial charge in [0.2, 0.25) is 0 Å². The first-order valence-electron chi connectivity index (χ1n) is 7.52. The number of hydrogen-bond donors (Lipinski definition) is 1. The van der Waals surface area contributed by atoms with Crippen LogP contribution in [-0.2, 0) is 19.4 Å². The van der Waals surface area contributed by atoms with Crippen LogP contribution in [0.25, 0.3) is 0 Å². The molecule has 2 rings (SSSR count). The van der Waals surface area contributed by atoms with Gasteiger partial charge in [-0.2, -0.15) is 0 Å². The fraction of sp³-hybridized carbons (Fsp3) is 0.647. The van der Waals surface area contributed by atoms with E-state index in [-0.39, 0.29) is 6.61 Å². The largest absolute Gasteiger partial charge is 0.392 e. The van der Waals surface area contributed by atoms with Crippen molar-refractivity contribution in [2.45, 2.75) is 71.7 Å². The summed E-state index contributed by atoms with van der Waals surface area (Å²) in [5.41, 5.74) is 3.96. The minimum absolute atomic E-state index is 0.166. The zero-order valence-corrected chi connectivity index (χ0v) is 12.7. The predicted octanol–water partition coefficient (Wildman–Crippen LogP) is 3.16. The molecule has 1 aromatic carbocycles. The van der Waals surface area contributed by atoms with Gasteiger partial charge in [-0.25, -0.2) is 0 Å². The van der Waals surface area contributed by atoms with Gasteiger partial charge in [-0.05, 0) is 63.6 Å². The normalized spacial score (nSPS) is 19.3. The second-order valence-electron chi connectivity index (χ2n) is 6.24. The molecule has 0 aliphatic heterocycles. The smallest absolute Gasteiger partial charge is 0.0684 e. The van der Waals surface area contributed by atoms with Crippen molar-refractivity contribution in [1.82, 2.24) is 4.90 Å². The first-order valence-corrected chi connectivity index (χ1v) is 7.52. The SMILES string of the molecule is CC(C)N(C(C)C)[C@@H]1CCc2cccc(CO)c2C1. The summed E-state index contributed by atoms with van der Waals surface area (Å²) < 4.78 is 0. The highest BCUT2D eigenvalue weighted by Crippen LogP contribution is 2.29. The van der Waals surface area contributed by atoms with E-state index in [4.69, 9.17) is 0 Å². The fourth-order valence-electron chi connectivity index (χ4n) is 3.69. The Hall–Kier alpha value is -0.860. The number of benzene rings is 1. The van der Waals surface area contributed by atoms with Gasteiger partial charge in [0.15, 0.2) is 0 Å². The average Bonchev–Trinajstić information content (AvgIpc) is 2.37. The first-order chi connectivity index (χ1) is 9.04. The molecule has 106 valence electrons. The van der Waals surface area contributed by atoms with E-state index in [1.807, 2.05) is 0 Å². The Kier molecular flexibility index (Phi) is 4.64. The molecular weight excluding hydrogens is 234 g/mol. The molecule has 1 aromatic rings. The number of rotatable bonds is 4. The summed E-state index contributed by atoms with van der Waals surface area (Å²) in [7, 11) is 0. The van der Waals surface area contributed by atoms with Crippen molar-refractivity contribution in [3.05, 3.63) is 34.9 Å². The van der Waals surface area contributed by atoms with Gasteiger partial charge >= 0.3 is 0 Å². The van der Waals surface area contributed by atoms with Gasteiger partial charge in [-0.15, -0.1) is 0 Å². The minimum Gasteiger partial charge on any atom is -0.392 e. The van der Waals surface area contributed by atoms with E-state index in [1.54, 1.807) is 0 Å². The fourth-order valence-corrected chi connectivity index (χ4v) is 3.69. The first kappa shape index (κ1) is 14.5. The molecule has 1 aliphatic carbocycles. The highest BCUT2D eigenvalue weighted by Gasteiger charge is 2.28. The number of aliphatic hydroxyl groups is 1. The number of aryl methyl sites for hydroxylation is 1. The molecule has 1 aliphatic rings. The van der Waals surface area contributed by atoms with E-state index in [0.717, 1.165) is 18.4 Å². The van der Waals surface area contributed by atoms with Crippen LogP contribution in [0.3, 0.4) is 0 Å². The third-order valence-electron chi connectivity index (χ3n) is 4.34. The monoisotopic (exact) mass is 261 g/mol. The van der Waals surface area contributed by atoms with Crippen molar-refractivity contribution in [3.8, 4) is 0 Å². The molecule has 0 amide bonds. The Morgan fingerprint density at radius 2 is 1.89 bits per heavy atom. The summed E-state index contributed by atoms with van der Waals surface area (Å²) >= 11 is 0. The maximum absolute atomic E-state index is 9.52. The summed E-state index contributed by atoms with van der Waals surface area (Å²) in [4.78, 5) is 2.62. The third kappa shape index (κ3) is 3.01. The Bertz CT molecular complexity index is 403. The van der Waals surface area contributed by atoms with Gasteiger partial charge in [0.25, 0.3) is 0 Å². The molecule has 0 fully saturated rings. The lowest BCUT2D eigenvalue weighted by molar-refractivity contribution is 0.102. The van der Waals surface area contributed by atoms with E-state index >= 15 is 0 Å². The van der Waals surface area contributed by atoms with Crippen LogP contribution in [-0.4, -0.2) is 28.1 Å². The third-order valence-corrected chi connectivity index (χ3v) is 4.34. The molecule has 0 aromatic heterocycles. The van der Waals surface area contributed by atoms with Gasteiger partial charge in [0.1, 0.15) is 0 Å². The molecular formula is C17H27NO. The van der Waals surface area contributed by atoms with Crippen molar-refractivity contribution in [2.75, 3.05) is 0 Å². The molecule has 0 unspecified atom stereocenters. The van der Waals surface area contributed by atoms with Gasteiger partial charge in [-0.1, -0.05) is 18.2 Å². The Labute approximate surface area is 117 Å². The molecule has 2 heteroatoms. The van der Waals surface area contributed by atoms with E-state index < -0.39 is 0 Å². The summed E-state index contributed by atoms with van der Waals surface area (Å²) in [6, 6.07) is 8.13. The lowest BCUT2D eigenvalue weighted by Gasteiger charge is -2.41. The summed E-state index contributed by atoms with van der Waals surface area (Å²) in [5, 5.41) is 9.52. The summed E-state index contributed by atoms with van der Waals surface area (Å²) in [5.74, 6) is 0. The number of nitrogens with zero attached hydrogens (tertiary/aromatic N) is 1. The van der Waals surface area contributed by atoms with Crippen molar-refractivity contribution < 1.29 is 5.11 Å². The number of fused-ring (bicyclic) bond motifs is 1. The molecule has 19 heavy (non-hydrogen) atoms. The van der Waals surface area contributed by atoms with Crippen LogP contribution in [0.5, 0.6) is 0 Å². The zero-order chi connectivity index (χ0) is 14.0. The topological polar surface area (TPSA) is 23.5 Å². The second-order valence-corrected chi connectivity index (χ2v) is 6.24. The molecule has 1 N–H and O–H groups in total. The number of aliphatic hydroxyl groups excluding tert-OH is 1. The highest BCUT2D eigenvalue weighted by molar-refractivity contribution is 5.37. The maximum Gasteiger partial charge on any atom is 0.0684 e. The molecule has 0 saturated heterocycles. The average molecular weight is 261 g/mol. The molecule has 0 heterocycles. The van der Waals surface area contributed by atoms with Gasteiger partial charge < -0.3 is 5.11 Å². The zero-order valence-electron chi connectivity index (χ0n) is 12.7. The second kappa shape index (κ2) is 6.06. The van der Waals surface area contributed by atoms with Gasteiger partial charge in [-0.3, -0.25) is 4.90 Å². The Balaban J connectivity index is 2.25. The lowest BCUT2D eigenvalue weighted by atomic mass is 9.84.